The number of aryl methyl sites for hydroxylation is 1. The van der Waals surface area contributed by atoms with E-state index in [9.17, 15) is 0 Å². The predicted molar refractivity (Wildman–Crippen MR) is 84.6 cm³/mol. The van der Waals surface area contributed by atoms with Gasteiger partial charge in [0, 0.05) is 24.7 Å². The number of para-hydroxylation sites is 1. The van der Waals surface area contributed by atoms with Gasteiger partial charge in [0.2, 0.25) is 0 Å². The Hall–Kier alpha value is -2.47. The quantitative estimate of drug-likeness (QED) is 0.676. The molecule has 22 heavy (non-hydrogen) atoms. The van der Waals surface area contributed by atoms with Crippen LogP contribution in [0.15, 0.2) is 42.9 Å². The number of fused-ring (bicyclic) bond motifs is 1. The minimum atomic E-state index is 0.579. The van der Waals surface area contributed by atoms with Crippen LogP contribution in [-0.2, 0) is 13.1 Å². The van der Waals surface area contributed by atoms with Gasteiger partial charge in [-0.1, -0.05) is 18.2 Å². The molecule has 2 heterocycles. The van der Waals surface area contributed by atoms with Crippen LogP contribution in [0.1, 0.15) is 12.7 Å². The summed E-state index contributed by atoms with van der Waals surface area (Å²) in [4.78, 5) is 8.60. The van der Waals surface area contributed by atoms with E-state index in [4.69, 9.17) is 4.74 Å². The fourth-order valence-electron chi connectivity index (χ4n) is 2.32. The highest BCUT2D eigenvalue weighted by Crippen LogP contribution is 2.22. The van der Waals surface area contributed by atoms with Crippen molar-refractivity contribution < 1.29 is 4.74 Å². The van der Waals surface area contributed by atoms with E-state index in [1.165, 1.54) is 0 Å². The Morgan fingerprint density at radius 2 is 2.09 bits per heavy atom. The largest absolute Gasteiger partial charge is 0.490 e. The monoisotopic (exact) mass is 297 g/mol. The number of rotatable bonds is 7. The van der Waals surface area contributed by atoms with Crippen LogP contribution in [0.3, 0.4) is 0 Å². The fraction of sp³-hybridized carbons (Fsp3) is 0.312. The van der Waals surface area contributed by atoms with Crippen molar-refractivity contribution in [2.24, 2.45) is 0 Å². The van der Waals surface area contributed by atoms with E-state index < -0.39 is 0 Å². The number of nitrogens with zero attached hydrogens (tertiary/aromatic N) is 4. The molecular weight excluding hydrogens is 278 g/mol. The Labute approximate surface area is 129 Å². The minimum absolute atomic E-state index is 0.579. The summed E-state index contributed by atoms with van der Waals surface area (Å²) in [5.41, 5.74) is 0.899. The van der Waals surface area contributed by atoms with Crippen LogP contribution >= 0.6 is 0 Å². The van der Waals surface area contributed by atoms with Gasteiger partial charge in [0.05, 0.1) is 6.54 Å². The van der Waals surface area contributed by atoms with Gasteiger partial charge in [0.15, 0.2) is 0 Å². The SMILES string of the molecule is CCn1ncnc1CNCCOc1cccc2cccnc12. The zero-order valence-electron chi connectivity index (χ0n) is 12.6. The Morgan fingerprint density at radius 3 is 3.00 bits per heavy atom. The zero-order chi connectivity index (χ0) is 15.2. The van der Waals surface area contributed by atoms with Gasteiger partial charge in [-0.05, 0) is 19.1 Å². The van der Waals surface area contributed by atoms with Crippen molar-refractivity contribution >= 4 is 10.9 Å². The second-order valence-corrected chi connectivity index (χ2v) is 4.85. The molecule has 0 spiro atoms. The van der Waals surface area contributed by atoms with Crippen molar-refractivity contribution in [3.05, 3.63) is 48.7 Å². The standard InChI is InChI=1S/C16H19N5O/c1-2-21-15(19-12-20-21)11-17-9-10-22-14-7-3-5-13-6-4-8-18-16(13)14/h3-8,12,17H,2,9-11H2,1H3. The molecule has 0 bridgehead atoms. The topological polar surface area (TPSA) is 64.9 Å². The van der Waals surface area contributed by atoms with E-state index >= 15 is 0 Å². The fourth-order valence-corrected chi connectivity index (χ4v) is 2.32. The van der Waals surface area contributed by atoms with Crippen molar-refractivity contribution in [3.8, 4) is 5.75 Å². The molecule has 0 amide bonds. The first kappa shape index (κ1) is 14.5. The molecule has 0 aliphatic rings. The smallest absolute Gasteiger partial charge is 0.145 e. The highest BCUT2D eigenvalue weighted by Gasteiger charge is 2.03. The lowest BCUT2D eigenvalue weighted by Crippen LogP contribution is -2.22. The Kier molecular flexibility index (Phi) is 4.60. The highest BCUT2D eigenvalue weighted by molar-refractivity contribution is 5.84. The Bertz CT molecular complexity index is 735. The molecule has 6 heteroatoms. The zero-order valence-corrected chi connectivity index (χ0v) is 12.6. The van der Waals surface area contributed by atoms with E-state index in [-0.39, 0.29) is 0 Å². The normalized spacial score (nSPS) is 11.0. The van der Waals surface area contributed by atoms with Crippen LogP contribution in [0.4, 0.5) is 0 Å². The number of nitrogens with one attached hydrogen (secondary N) is 1. The summed E-state index contributed by atoms with van der Waals surface area (Å²) in [6.07, 6.45) is 3.36. The molecule has 0 radical (unpaired) electrons. The molecule has 0 aliphatic carbocycles. The summed E-state index contributed by atoms with van der Waals surface area (Å²) >= 11 is 0. The van der Waals surface area contributed by atoms with Gasteiger partial charge in [-0.2, -0.15) is 5.10 Å². The number of hydrogen-bond acceptors (Lipinski definition) is 5. The first-order chi connectivity index (χ1) is 10.9. The number of aromatic nitrogens is 4. The average Bonchev–Trinajstić information content (AvgIpc) is 3.02. The van der Waals surface area contributed by atoms with Crippen LogP contribution < -0.4 is 10.1 Å². The number of benzene rings is 1. The lowest BCUT2D eigenvalue weighted by Gasteiger charge is -2.09. The van der Waals surface area contributed by atoms with E-state index in [0.29, 0.717) is 13.2 Å². The lowest BCUT2D eigenvalue weighted by molar-refractivity contribution is 0.315. The van der Waals surface area contributed by atoms with Crippen molar-refractivity contribution in [1.82, 2.24) is 25.1 Å². The molecule has 1 aromatic carbocycles. The van der Waals surface area contributed by atoms with Crippen molar-refractivity contribution in [2.75, 3.05) is 13.2 Å². The van der Waals surface area contributed by atoms with Crippen molar-refractivity contribution in [2.45, 2.75) is 20.0 Å². The summed E-state index contributed by atoms with van der Waals surface area (Å²) in [7, 11) is 0. The van der Waals surface area contributed by atoms with E-state index in [0.717, 1.165) is 35.6 Å². The Balaban J connectivity index is 1.51. The summed E-state index contributed by atoms with van der Waals surface area (Å²) < 4.78 is 7.70. The van der Waals surface area contributed by atoms with Crippen molar-refractivity contribution in [1.29, 1.82) is 0 Å². The second-order valence-electron chi connectivity index (χ2n) is 4.85. The molecule has 2 aromatic heterocycles. The highest BCUT2D eigenvalue weighted by atomic mass is 16.5. The third kappa shape index (κ3) is 3.23. The van der Waals surface area contributed by atoms with Crippen LogP contribution in [-0.4, -0.2) is 32.9 Å². The molecule has 0 fully saturated rings. The molecule has 0 unspecified atom stereocenters. The van der Waals surface area contributed by atoms with Crippen LogP contribution in [0.2, 0.25) is 0 Å². The summed E-state index contributed by atoms with van der Waals surface area (Å²) in [6.45, 7) is 4.88. The van der Waals surface area contributed by atoms with Crippen LogP contribution in [0, 0.1) is 0 Å². The predicted octanol–water partition coefficient (Wildman–Crippen LogP) is 2.01. The lowest BCUT2D eigenvalue weighted by atomic mass is 10.2. The maximum atomic E-state index is 5.83. The van der Waals surface area contributed by atoms with Crippen molar-refractivity contribution in [3.63, 3.8) is 0 Å². The number of hydrogen-bond donors (Lipinski definition) is 1. The molecule has 114 valence electrons. The summed E-state index contributed by atoms with van der Waals surface area (Å²) in [6, 6.07) is 9.92. The number of ether oxygens (including phenoxy) is 1. The number of pyridine rings is 1. The van der Waals surface area contributed by atoms with E-state index in [1.54, 1.807) is 12.5 Å². The third-order valence-corrected chi connectivity index (χ3v) is 3.41. The minimum Gasteiger partial charge on any atom is -0.490 e. The molecule has 1 N–H and O–H groups in total. The van der Waals surface area contributed by atoms with Gasteiger partial charge in [-0.15, -0.1) is 0 Å². The molecule has 0 saturated heterocycles. The molecule has 0 aliphatic heterocycles. The Morgan fingerprint density at radius 1 is 1.18 bits per heavy atom. The van der Waals surface area contributed by atoms with Gasteiger partial charge < -0.3 is 10.1 Å². The van der Waals surface area contributed by atoms with Crippen LogP contribution in [0.5, 0.6) is 5.75 Å². The molecule has 0 saturated carbocycles. The maximum Gasteiger partial charge on any atom is 0.145 e. The molecule has 0 atom stereocenters. The first-order valence-electron chi connectivity index (χ1n) is 7.42. The summed E-state index contributed by atoms with van der Waals surface area (Å²) in [5, 5.41) is 8.54. The summed E-state index contributed by atoms with van der Waals surface area (Å²) in [5.74, 6) is 1.76. The van der Waals surface area contributed by atoms with Gasteiger partial charge in [-0.3, -0.25) is 4.98 Å². The average molecular weight is 297 g/mol. The molecule has 3 rings (SSSR count). The van der Waals surface area contributed by atoms with Gasteiger partial charge in [-0.25, -0.2) is 9.67 Å². The van der Waals surface area contributed by atoms with Gasteiger partial charge >= 0.3 is 0 Å². The molecule has 3 aromatic rings. The maximum absolute atomic E-state index is 5.83. The second kappa shape index (κ2) is 7.00. The molecular formula is C16H19N5O. The first-order valence-corrected chi connectivity index (χ1v) is 7.42. The molecule has 6 nitrogen and oxygen atoms in total. The third-order valence-electron chi connectivity index (χ3n) is 3.41. The van der Waals surface area contributed by atoms with Gasteiger partial charge in [0.25, 0.3) is 0 Å². The van der Waals surface area contributed by atoms with E-state index in [1.807, 2.05) is 35.0 Å². The van der Waals surface area contributed by atoms with Crippen LogP contribution in [0.25, 0.3) is 10.9 Å². The van der Waals surface area contributed by atoms with Gasteiger partial charge in [0.1, 0.15) is 30.0 Å². The van der Waals surface area contributed by atoms with E-state index in [2.05, 4.69) is 27.3 Å².